The van der Waals surface area contributed by atoms with Crippen LogP contribution in [0.1, 0.15) is 77.6 Å². The smallest absolute Gasteiger partial charge is 0.303 e. The Kier molecular flexibility index (Phi) is 14.2. The molecule has 0 aromatic carbocycles. The summed E-state index contributed by atoms with van der Waals surface area (Å²) in [6.45, 7) is 2.24. The molecule has 0 aliphatic rings. The van der Waals surface area contributed by atoms with Crippen LogP contribution in [0.3, 0.4) is 0 Å². The first-order valence-corrected chi connectivity index (χ1v) is 7.79. The predicted octanol–water partition coefficient (Wildman–Crippen LogP) is 5.49. The van der Waals surface area contributed by atoms with E-state index < -0.39 is 5.97 Å². The second-order valence-corrected chi connectivity index (χ2v) is 5.01. The highest BCUT2D eigenvalue weighted by Crippen LogP contribution is 2.06. The molecule has 0 atom stereocenters. The molecule has 2 heteroatoms. The summed E-state index contributed by atoms with van der Waals surface area (Å²) >= 11 is 0. The molecule has 0 unspecified atom stereocenters. The molecule has 0 heterocycles. The molecule has 0 amide bonds. The highest BCUT2D eigenvalue weighted by molar-refractivity contribution is 5.66. The molecular weight excluding hydrogens is 236 g/mol. The van der Waals surface area contributed by atoms with Crippen molar-refractivity contribution in [1.82, 2.24) is 0 Å². The van der Waals surface area contributed by atoms with Gasteiger partial charge in [0.2, 0.25) is 0 Å². The Morgan fingerprint density at radius 3 is 1.74 bits per heavy atom. The highest BCUT2D eigenvalue weighted by Gasteiger charge is 1.91. The van der Waals surface area contributed by atoms with Crippen LogP contribution in [0.5, 0.6) is 0 Å². The average molecular weight is 266 g/mol. The summed E-state index contributed by atoms with van der Waals surface area (Å²) < 4.78 is 0. The van der Waals surface area contributed by atoms with Crippen molar-refractivity contribution < 1.29 is 9.90 Å². The lowest BCUT2D eigenvalue weighted by Crippen LogP contribution is -1.91. The van der Waals surface area contributed by atoms with Gasteiger partial charge in [-0.1, -0.05) is 50.5 Å². The standard InChI is InChI=1S/C17H30O2/c1-2-3-4-5-6-7-8-9-10-11-12-13-14-15-16-17(18)19/h7-8,13-14H,2-6,9-12,15-16H2,1H3,(H,18,19)/b8-7+,14-13+. The number of allylic oxidation sites excluding steroid dienone is 4. The molecular formula is C17H30O2. The van der Waals surface area contributed by atoms with Gasteiger partial charge in [0.1, 0.15) is 0 Å². The quantitative estimate of drug-likeness (QED) is 0.353. The van der Waals surface area contributed by atoms with Crippen LogP contribution in [0.4, 0.5) is 0 Å². The summed E-state index contributed by atoms with van der Waals surface area (Å²) in [5.74, 6) is -0.714. The number of carboxylic acids is 1. The molecule has 2 nitrogen and oxygen atoms in total. The van der Waals surface area contributed by atoms with Gasteiger partial charge in [-0.3, -0.25) is 4.79 Å². The fourth-order valence-corrected chi connectivity index (χ4v) is 1.89. The molecule has 0 aliphatic heterocycles. The lowest BCUT2D eigenvalue weighted by atomic mass is 10.1. The predicted molar refractivity (Wildman–Crippen MR) is 82.4 cm³/mol. The van der Waals surface area contributed by atoms with Crippen molar-refractivity contribution in [3.05, 3.63) is 24.3 Å². The number of hydrogen-bond acceptors (Lipinski definition) is 1. The maximum atomic E-state index is 10.3. The SMILES string of the molecule is CCCCCC/C=C/CCCC/C=C/CCC(=O)O. The molecule has 0 aliphatic carbocycles. The first kappa shape index (κ1) is 17.9. The summed E-state index contributed by atoms with van der Waals surface area (Å²) in [6, 6.07) is 0. The Morgan fingerprint density at radius 2 is 1.26 bits per heavy atom. The van der Waals surface area contributed by atoms with Crippen molar-refractivity contribution in [2.24, 2.45) is 0 Å². The average Bonchev–Trinajstić information content (AvgIpc) is 2.39. The summed E-state index contributed by atoms with van der Waals surface area (Å²) in [5.41, 5.74) is 0. The lowest BCUT2D eigenvalue weighted by Gasteiger charge is -1.95. The number of carbonyl (C=O) groups is 1. The molecule has 0 saturated carbocycles. The Balaban J connectivity index is 3.17. The molecule has 0 fully saturated rings. The molecule has 0 spiro atoms. The van der Waals surface area contributed by atoms with Gasteiger partial charge in [-0.05, 0) is 44.9 Å². The Hall–Kier alpha value is -1.05. The second kappa shape index (κ2) is 15.0. The first-order valence-electron chi connectivity index (χ1n) is 7.79. The van der Waals surface area contributed by atoms with Crippen molar-refractivity contribution in [3.8, 4) is 0 Å². The Labute approximate surface area is 118 Å². The maximum Gasteiger partial charge on any atom is 0.303 e. The van der Waals surface area contributed by atoms with E-state index in [1.54, 1.807) is 0 Å². The van der Waals surface area contributed by atoms with Crippen molar-refractivity contribution in [2.45, 2.75) is 77.6 Å². The molecule has 0 aromatic rings. The van der Waals surface area contributed by atoms with E-state index in [9.17, 15) is 4.79 Å². The van der Waals surface area contributed by atoms with Gasteiger partial charge in [-0.15, -0.1) is 0 Å². The second-order valence-electron chi connectivity index (χ2n) is 5.01. The van der Waals surface area contributed by atoms with Gasteiger partial charge in [0.25, 0.3) is 0 Å². The third kappa shape index (κ3) is 16.9. The van der Waals surface area contributed by atoms with E-state index in [1.807, 2.05) is 6.08 Å². The van der Waals surface area contributed by atoms with E-state index in [0.717, 1.165) is 6.42 Å². The summed E-state index contributed by atoms with van der Waals surface area (Å²) in [5, 5.41) is 8.46. The molecule has 0 rings (SSSR count). The summed E-state index contributed by atoms with van der Waals surface area (Å²) in [4.78, 5) is 10.3. The van der Waals surface area contributed by atoms with Crippen LogP contribution in [0.15, 0.2) is 24.3 Å². The summed E-state index contributed by atoms with van der Waals surface area (Å²) in [7, 11) is 0. The van der Waals surface area contributed by atoms with Gasteiger partial charge in [0.05, 0.1) is 0 Å². The topological polar surface area (TPSA) is 37.3 Å². The van der Waals surface area contributed by atoms with Crippen LogP contribution < -0.4 is 0 Å². The fraction of sp³-hybridized carbons (Fsp3) is 0.706. The fourth-order valence-electron chi connectivity index (χ4n) is 1.89. The van der Waals surface area contributed by atoms with Crippen molar-refractivity contribution in [3.63, 3.8) is 0 Å². The van der Waals surface area contributed by atoms with Crippen LogP contribution in [0, 0.1) is 0 Å². The number of unbranched alkanes of at least 4 members (excludes halogenated alkanes) is 7. The van der Waals surface area contributed by atoms with E-state index in [1.165, 1.54) is 51.4 Å². The third-order valence-electron chi connectivity index (χ3n) is 3.07. The van der Waals surface area contributed by atoms with Crippen molar-refractivity contribution in [1.29, 1.82) is 0 Å². The normalized spacial score (nSPS) is 11.6. The van der Waals surface area contributed by atoms with Crippen molar-refractivity contribution in [2.75, 3.05) is 0 Å². The van der Waals surface area contributed by atoms with E-state index >= 15 is 0 Å². The lowest BCUT2D eigenvalue weighted by molar-refractivity contribution is -0.136. The van der Waals surface area contributed by atoms with Gasteiger partial charge in [0, 0.05) is 6.42 Å². The van der Waals surface area contributed by atoms with E-state index in [2.05, 4.69) is 25.2 Å². The number of rotatable bonds is 13. The molecule has 110 valence electrons. The highest BCUT2D eigenvalue weighted by atomic mass is 16.4. The first-order chi connectivity index (χ1) is 9.27. The van der Waals surface area contributed by atoms with E-state index in [4.69, 9.17) is 5.11 Å². The minimum Gasteiger partial charge on any atom is -0.481 e. The van der Waals surface area contributed by atoms with Gasteiger partial charge >= 0.3 is 5.97 Å². The molecule has 0 saturated heterocycles. The minimum absolute atomic E-state index is 0.247. The van der Waals surface area contributed by atoms with Gasteiger partial charge in [0.15, 0.2) is 0 Å². The van der Waals surface area contributed by atoms with E-state index in [-0.39, 0.29) is 6.42 Å². The summed E-state index contributed by atoms with van der Waals surface area (Å²) in [6.07, 6.45) is 20.9. The van der Waals surface area contributed by atoms with Gasteiger partial charge < -0.3 is 5.11 Å². The molecule has 0 radical (unpaired) electrons. The largest absolute Gasteiger partial charge is 0.481 e. The van der Waals surface area contributed by atoms with Crippen LogP contribution in [0.2, 0.25) is 0 Å². The van der Waals surface area contributed by atoms with Crippen molar-refractivity contribution >= 4 is 5.97 Å². The molecule has 0 bridgehead atoms. The van der Waals surface area contributed by atoms with Crippen LogP contribution in [-0.4, -0.2) is 11.1 Å². The van der Waals surface area contributed by atoms with Gasteiger partial charge in [-0.2, -0.15) is 0 Å². The van der Waals surface area contributed by atoms with Crippen LogP contribution >= 0.6 is 0 Å². The zero-order chi connectivity index (χ0) is 14.2. The molecule has 19 heavy (non-hydrogen) atoms. The Bertz CT molecular complexity index is 254. The maximum absolute atomic E-state index is 10.3. The monoisotopic (exact) mass is 266 g/mol. The minimum atomic E-state index is -0.714. The Morgan fingerprint density at radius 1 is 0.789 bits per heavy atom. The molecule has 1 N–H and O–H groups in total. The van der Waals surface area contributed by atoms with Gasteiger partial charge in [-0.25, -0.2) is 0 Å². The zero-order valence-corrected chi connectivity index (χ0v) is 12.4. The zero-order valence-electron chi connectivity index (χ0n) is 12.4. The molecule has 0 aromatic heterocycles. The van der Waals surface area contributed by atoms with Crippen LogP contribution in [0.25, 0.3) is 0 Å². The number of aliphatic carboxylic acids is 1. The van der Waals surface area contributed by atoms with E-state index in [0.29, 0.717) is 6.42 Å². The van der Waals surface area contributed by atoms with Crippen LogP contribution in [-0.2, 0) is 4.79 Å². The third-order valence-corrected chi connectivity index (χ3v) is 3.07. The number of carboxylic acid groups (broad SMARTS) is 1. The number of hydrogen-bond donors (Lipinski definition) is 1.